The lowest BCUT2D eigenvalue weighted by Gasteiger charge is -2.15. The molecule has 0 aliphatic heterocycles. The Bertz CT molecular complexity index is 926. The second-order valence-electron chi connectivity index (χ2n) is 6.95. The fourth-order valence-corrected chi connectivity index (χ4v) is 3.13. The van der Waals surface area contributed by atoms with Crippen LogP contribution in [0.5, 0.6) is 11.5 Å². The van der Waals surface area contributed by atoms with Gasteiger partial charge < -0.3 is 14.8 Å². The number of halogens is 1. The maximum Gasteiger partial charge on any atom is 0.161 e. The number of aryl methyl sites for hydroxylation is 1. The van der Waals surface area contributed by atoms with Gasteiger partial charge in [-0.25, -0.2) is 4.39 Å². The van der Waals surface area contributed by atoms with Gasteiger partial charge in [0.05, 0.1) is 6.61 Å². The largest absolute Gasteiger partial charge is 0.490 e. The summed E-state index contributed by atoms with van der Waals surface area (Å²) < 4.78 is 25.5. The Labute approximate surface area is 172 Å². The molecular weight excluding hydrogens is 365 g/mol. The molecule has 29 heavy (non-hydrogen) atoms. The third kappa shape index (κ3) is 6.06. The Morgan fingerprint density at radius 2 is 1.62 bits per heavy atom. The van der Waals surface area contributed by atoms with Gasteiger partial charge in [0.25, 0.3) is 0 Å². The third-order valence-electron chi connectivity index (χ3n) is 4.81. The zero-order valence-corrected chi connectivity index (χ0v) is 17.1. The number of rotatable bonds is 10. The normalized spacial score (nSPS) is 10.7. The molecule has 3 rings (SSSR count). The molecule has 0 aromatic heterocycles. The van der Waals surface area contributed by atoms with E-state index in [2.05, 4.69) is 24.4 Å². The van der Waals surface area contributed by atoms with Gasteiger partial charge in [0.15, 0.2) is 11.5 Å². The van der Waals surface area contributed by atoms with E-state index in [1.54, 1.807) is 6.07 Å². The number of benzene rings is 3. The first-order valence-electron chi connectivity index (χ1n) is 10.0. The monoisotopic (exact) mass is 393 g/mol. The van der Waals surface area contributed by atoms with Crippen LogP contribution in [0.2, 0.25) is 0 Å². The fraction of sp³-hybridized carbons (Fsp3) is 0.280. The van der Waals surface area contributed by atoms with E-state index >= 15 is 0 Å². The van der Waals surface area contributed by atoms with E-state index in [1.165, 1.54) is 11.6 Å². The summed E-state index contributed by atoms with van der Waals surface area (Å²) in [6, 6.07) is 21.1. The second-order valence-corrected chi connectivity index (χ2v) is 6.95. The molecule has 0 saturated carbocycles. The first-order valence-corrected chi connectivity index (χ1v) is 10.0. The quantitative estimate of drug-likeness (QED) is 0.465. The Balaban J connectivity index is 1.57. The summed E-state index contributed by atoms with van der Waals surface area (Å²) in [7, 11) is 0. The van der Waals surface area contributed by atoms with Gasteiger partial charge in [0, 0.05) is 6.54 Å². The van der Waals surface area contributed by atoms with Gasteiger partial charge in [-0.15, -0.1) is 0 Å². The summed E-state index contributed by atoms with van der Waals surface area (Å²) in [5, 5.41) is 3.37. The number of nitrogens with one attached hydrogen (secondary N) is 1. The van der Waals surface area contributed by atoms with E-state index in [1.807, 2.05) is 49.4 Å². The van der Waals surface area contributed by atoms with E-state index in [-0.39, 0.29) is 5.82 Å². The van der Waals surface area contributed by atoms with Crippen molar-refractivity contribution in [2.45, 2.75) is 33.4 Å². The summed E-state index contributed by atoms with van der Waals surface area (Å²) in [6.45, 7) is 6.52. The summed E-state index contributed by atoms with van der Waals surface area (Å²) in [4.78, 5) is 0. The van der Waals surface area contributed by atoms with Crippen LogP contribution < -0.4 is 14.8 Å². The number of ether oxygens (including phenoxy) is 2. The van der Waals surface area contributed by atoms with Gasteiger partial charge in [-0.1, -0.05) is 48.5 Å². The molecule has 0 radical (unpaired) electrons. The van der Waals surface area contributed by atoms with Crippen molar-refractivity contribution in [2.24, 2.45) is 0 Å². The van der Waals surface area contributed by atoms with Gasteiger partial charge in [0.1, 0.15) is 12.4 Å². The summed E-state index contributed by atoms with van der Waals surface area (Å²) in [5.74, 6) is 1.34. The maximum atomic E-state index is 13.7. The van der Waals surface area contributed by atoms with Crippen LogP contribution in [0.4, 0.5) is 4.39 Å². The van der Waals surface area contributed by atoms with Gasteiger partial charge in [0.2, 0.25) is 0 Å². The molecule has 3 nitrogen and oxygen atoms in total. The van der Waals surface area contributed by atoms with Crippen LogP contribution in [0.1, 0.15) is 29.2 Å². The molecule has 0 unspecified atom stereocenters. The molecule has 3 aromatic rings. The van der Waals surface area contributed by atoms with Crippen LogP contribution in [0.3, 0.4) is 0 Å². The van der Waals surface area contributed by atoms with Gasteiger partial charge in [-0.2, -0.15) is 0 Å². The topological polar surface area (TPSA) is 30.5 Å². The first-order chi connectivity index (χ1) is 14.2. The molecule has 1 N–H and O–H groups in total. The molecule has 0 saturated heterocycles. The third-order valence-corrected chi connectivity index (χ3v) is 4.81. The van der Waals surface area contributed by atoms with Crippen molar-refractivity contribution in [1.29, 1.82) is 0 Å². The Kier molecular flexibility index (Phi) is 7.65. The van der Waals surface area contributed by atoms with Gasteiger partial charge >= 0.3 is 0 Å². The summed E-state index contributed by atoms with van der Waals surface area (Å²) in [5.41, 5.74) is 4.20. The van der Waals surface area contributed by atoms with E-state index in [0.29, 0.717) is 32.7 Å². The molecule has 0 amide bonds. The molecule has 0 heterocycles. The first kappa shape index (κ1) is 20.9. The maximum absolute atomic E-state index is 13.7. The van der Waals surface area contributed by atoms with Crippen molar-refractivity contribution in [3.05, 3.63) is 94.8 Å². The smallest absolute Gasteiger partial charge is 0.161 e. The summed E-state index contributed by atoms with van der Waals surface area (Å²) >= 11 is 0. The standard InChI is InChI=1S/C25H28FNO2/c1-3-28-25-16-20(17-27-15-14-21-9-6-7-11-23(21)26)12-13-24(25)29-18-22-10-5-4-8-19(22)2/h4-13,16,27H,3,14-15,17-18H2,1-2H3. The Hall–Kier alpha value is -2.85. The van der Waals surface area contributed by atoms with Gasteiger partial charge in [-0.05, 0) is 67.3 Å². The van der Waals surface area contributed by atoms with E-state index in [9.17, 15) is 4.39 Å². The van der Waals surface area contributed by atoms with Crippen molar-refractivity contribution >= 4 is 0 Å². The van der Waals surface area contributed by atoms with E-state index in [4.69, 9.17) is 9.47 Å². The highest BCUT2D eigenvalue weighted by atomic mass is 19.1. The zero-order valence-electron chi connectivity index (χ0n) is 17.1. The van der Waals surface area contributed by atoms with E-state index in [0.717, 1.165) is 28.2 Å². The van der Waals surface area contributed by atoms with Crippen LogP contribution >= 0.6 is 0 Å². The van der Waals surface area contributed by atoms with Crippen molar-refractivity contribution in [2.75, 3.05) is 13.2 Å². The van der Waals surface area contributed by atoms with Crippen molar-refractivity contribution in [3.8, 4) is 11.5 Å². The van der Waals surface area contributed by atoms with Crippen LogP contribution in [0.15, 0.2) is 66.7 Å². The van der Waals surface area contributed by atoms with Crippen LogP contribution in [0, 0.1) is 12.7 Å². The molecule has 0 aliphatic carbocycles. The molecule has 4 heteroatoms. The minimum atomic E-state index is -0.150. The van der Waals surface area contributed by atoms with Crippen molar-refractivity contribution in [3.63, 3.8) is 0 Å². The lowest BCUT2D eigenvalue weighted by atomic mass is 10.1. The Morgan fingerprint density at radius 1 is 0.862 bits per heavy atom. The fourth-order valence-electron chi connectivity index (χ4n) is 3.13. The molecule has 0 aliphatic rings. The average molecular weight is 394 g/mol. The SMILES string of the molecule is CCOc1cc(CNCCc2ccccc2F)ccc1OCc1ccccc1C. The van der Waals surface area contributed by atoms with E-state index < -0.39 is 0 Å². The zero-order chi connectivity index (χ0) is 20.5. The molecule has 3 aromatic carbocycles. The predicted octanol–water partition coefficient (Wildman–Crippen LogP) is 5.44. The van der Waals surface area contributed by atoms with Gasteiger partial charge in [-0.3, -0.25) is 0 Å². The number of hydrogen-bond donors (Lipinski definition) is 1. The van der Waals surface area contributed by atoms with Crippen LogP contribution in [-0.4, -0.2) is 13.2 Å². The lowest BCUT2D eigenvalue weighted by molar-refractivity contribution is 0.268. The highest BCUT2D eigenvalue weighted by Crippen LogP contribution is 2.29. The summed E-state index contributed by atoms with van der Waals surface area (Å²) in [6.07, 6.45) is 0.655. The van der Waals surface area contributed by atoms with Crippen LogP contribution in [0.25, 0.3) is 0 Å². The van der Waals surface area contributed by atoms with Crippen LogP contribution in [-0.2, 0) is 19.6 Å². The molecule has 0 spiro atoms. The average Bonchev–Trinajstić information content (AvgIpc) is 2.73. The second kappa shape index (κ2) is 10.6. The minimum Gasteiger partial charge on any atom is -0.490 e. The minimum absolute atomic E-state index is 0.150. The lowest BCUT2D eigenvalue weighted by Crippen LogP contribution is -2.17. The number of hydrogen-bond acceptors (Lipinski definition) is 3. The van der Waals surface area contributed by atoms with Crippen molar-refractivity contribution < 1.29 is 13.9 Å². The highest BCUT2D eigenvalue weighted by molar-refractivity contribution is 5.43. The predicted molar refractivity (Wildman–Crippen MR) is 115 cm³/mol. The Morgan fingerprint density at radius 3 is 2.38 bits per heavy atom. The molecule has 0 bridgehead atoms. The molecule has 152 valence electrons. The highest BCUT2D eigenvalue weighted by Gasteiger charge is 2.08. The molecular formula is C25H28FNO2. The molecule has 0 atom stereocenters. The molecule has 0 fully saturated rings. The van der Waals surface area contributed by atoms with Crippen molar-refractivity contribution in [1.82, 2.24) is 5.32 Å².